The van der Waals surface area contributed by atoms with Crippen LogP contribution in [0.2, 0.25) is 0 Å². The Balaban J connectivity index is 1.73. The van der Waals surface area contributed by atoms with E-state index in [1.165, 1.54) is 36.1 Å². The van der Waals surface area contributed by atoms with Crippen LogP contribution in [0.1, 0.15) is 62.2 Å². The summed E-state index contributed by atoms with van der Waals surface area (Å²) < 4.78 is 5.81. The highest BCUT2D eigenvalue weighted by atomic mass is 16.6. The van der Waals surface area contributed by atoms with Crippen LogP contribution < -0.4 is 0 Å². The molecule has 3 aliphatic carbocycles. The molecule has 0 saturated heterocycles. The van der Waals surface area contributed by atoms with Gasteiger partial charge < -0.3 is 14.7 Å². The maximum Gasteiger partial charge on any atom is 0.115 e. The molecule has 5 atom stereocenters. The molecule has 0 aromatic heterocycles. The Labute approximate surface area is 143 Å². The third-order valence-corrected chi connectivity index (χ3v) is 6.97. The number of phenols is 1. The van der Waals surface area contributed by atoms with Crippen molar-refractivity contribution in [2.75, 3.05) is 14.2 Å². The molecule has 1 N–H and O–H groups in total. The SMILES string of the molecule is CON=C1CCC2C3CC(OC)c4cc(O)ccc4C3CCC12C. The van der Waals surface area contributed by atoms with Gasteiger partial charge in [0, 0.05) is 12.5 Å². The summed E-state index contributed by atoms with van der Waals surface area (Å²) in [5.74, 6) is 2.18. The van der Waals surface area contributed by atoms with Crippen molar-refractivity contribution < 1.29 is 14.7 Å². The highest BCUT2D eigenvalue weighted by molar-refractivity contribution is 5.92. The van der Waals surface area contributed by atoms with Gasteiger partial charge in [-0.1, -0.05) is 18.1 Å². The average molecular weight is 329 g/mol. The fourth-order valence-electron chi connectivity index (χ4n) is 5.83. The van der Waals surface area contributed by atoms with Gasteiger partial charge >= 0.3 is 0 Å². The summed E-state index contributed by atoms with van der Waals surface area (Å²) >= 11 is 0. The number of fused-ring (bicyclic) bond motifs is 5. The van der Waals surface area contributed by atoms with Gasteiger partial charge in [-0.2, -0.15) is 0 Å². The first-order valence-corrected chi connectivity index (χ1v) is 9.04. The Morgan fingerprint density at radius 1 is 1.21 bits per heavy atom. The van der Waals surface area contributed by atoms with Gasteiger partial charge in [-0.15, -0.1) is 0 Å². The van der Waals surface area contributed by atoms with E-state index in [4.69, 9.17) is 9.57 Å². The zero-order valence-corrected chi connectivity index (χ0v) is 14.8. The first-order chi connectivity index (χ1) is 11.6. The van der Waals surface area contributed by atoms with Crippen molar-refractivity contribution in [2.45, 2.75) is 51.0 Å². The number of phenolic OH excluding ortho intramolecular Hbond substituents is 1. The molecule has 4 nitrogen and oxygen atoms in total. The van der Waals surface area contributed by atoms with Crippen molar-refractivity contribution in [3.63, 3.8) is 0 Å². The van der Waals surface area contributed by atoms with Crippen LogP contribution in [0, 0.1) is 17.3 Å². The first-order valence-electron chi connectivity index (χ1n) is 9.04. The number of aromatic hydroxyl groups is 1. The van der Waals surface area contributed by atoms with Crippen molar-refractivity contribution in [3.05, 3.63) is 29.3 Å². The van der Waals surface area contributed by atoms with Gasteiger partial charge in [0.15, 0.2) is 0 Å². The van der Waals surface area contributed by atoms with Gasteiger partial charge in [-0.25, -0.2) is 0 Å². The quantitative estimate of drug-likeness (QED) is 0.818. The Morgan fingerprint density at radius 2 is 2.04 bits per heavy atom. The van der Waals surface area contributed by atoms with E-state index in [-0.39, 0.29) is 11.5 Å². The molecule has 4 heteroatoms. The lowest BCUT2D eigenvalue weighted by Gasteiger charge is -2.50. The molecule has 0 radical (unpaired) electrons. The second-order valence-corrected chi connectivity index (χ2v) is 7.87. The van der Waals surface area contributed by atoms with Crippen molar-refractivity contribution in [1.82, 2.24) is 0 Å². The van der Waals surface area contributed by atoms with Crippen molar-refractivity contribution >= 4 is 5.71 Å². The highest BCUT2D eigenvalue weighted by Gasteiger charge is 2.54. The molecule has 0 aliphatic heterocycles. The maximum absolute atomic E-state index is 9.90. The monoisotopic (exact) mass is 329 g/mol. The van der Waals surface area contributed by atoms with Gasteiger partial charge in [0.25, 0.3) is 0 Å². The lowest BCUT2D eigenvalue weighted by Crippen LogP contribution is -2.43. The third kappa shape index (κ3) is 2.19. The topological polar surface area (TPSA) is 51.0 Å². The minimum Gasteiger partial charge on any atom is -0.508 e. The number of rotatable bonds is 2. The number of oxime groups is 1. The summed E-state index contributed by atoms with van der Waals surface area (Å²) in [5.41, 5.74) is 3.99. The zero-order chi connectivity index (χ0) is 16.9. The van der Waals surface area contributed by atoms with E-state index >= 15 is 0 Å². The molecule has 0 amide bonds. The fourth-order valence-corrected chi connectivity index (χ4v) is 5.83. The van der Waals surface area contributed by atoms with E-state index in [1.807, 2.05) is 12.1 Å². The highest BCUT2D eigenvalue weighted by Crippen LogP contribution is 2.61. The van der Waals surface area contributed by atoms with Crippen molar-refractivity contribution in [3.8, 4) is 5.75 Å². The summed E-state index contributed by atoms with van der Waals surface area (Å²) in [4.78, 5) is 5.12. The van der Waals surface area contributed by atoms with Crippen LogP contribution in [0.15, 0.2) is 23.4 Å². The van der Waals surface area contributed by atoms with Crippen LogP contribution in [-0.4, -0.2) is 25.0 Å². The molecule has 24 heavy (non-hydrogen) atoms. The summed E-state index contributed by atoms with van der Waals surface area (Å²) in [5, 5.41) is 14.3. The van der Waals surface area contributed by atoms with Crippen LogP contribution in [-0.2, 0) is 9.57 Å². The average Bonchev–Trinajstić information content (AvgIpc) is 2.91. The predicted octanol–water partition coefficient (Wildman–Crippen LogP) is 4.40. The molecule has 0 spiro atoms. The van der Waals surface area contributed by atoms with Crippen molar-refractivity contribution in [1.29, 1.82) is 0 Å². The van der Waals surface area contributed by atoms with E-state index in [1.54, 1.807) is 14.2 Å². The Hall–Kier alpha value is -1.55. The second-order valence-electron chi connectivity index (χ2n) is 7.87. The molecule has 0 bridgehead atoms. The fraction of sp³-hybridized carbons (Fsp3) is 0.650. The summed E-state index contributed by atoms with van der Waals surface area (Å²) in [6.07, 6.45) is 5.72. The lowest BCUT2D eigenvalue weighted by atomic mass is 9.55. The van der Waals surface area contributed by atoms with Gasteiger partial charge in [0.1, 0.15) is 12.9 Å². The lowest BCUT2D eigenvalue weighted by molar-refractivity contribution is 0.0136. The molecular weight excluding hydrogens is 302 g/mol. The zero-order valence-electron chi connectivity index (χ0n) is 14.8. The normalized spacial score (nSPS) is 39.2. The predicted molar refractivity (Wildman–Crippen MR) is 93.2 cm³/mol. The van der Waals surface area contributed by atoms with E-state index in [0.29, 0.717) is 23.5 Å². The van der Waals surface area contributed by atoms with Gasteiger partial charge in [0.2, 0.25) is 0 Å². The summed E-state index contributed by atoms with van der Waals surface area (Å²) in [6, 6.07) is 5.85. The van der Waals surface area contributed by atoms with Gasteiger partial charge in [-0.05, 0) is 73.1 Å². The van der Waals surface area contributed by atoms with Gasteiger partial charge in [-0.3, -0.25) is 0 Å². The molecule has 1 aromatic carbocycles. The molecule has 130 valence electrons. The number of methoxy groups -OCH3 is 1. The standard InChI is InChI=1S/C20H27NO3/c1-20-9-8-14-13-5-4-12(22)10-16(13)18(23-2)11-15(14)17(20)6-7-19(20)21-24-3/h4-5,10,14-15,17-18,22H,6-9,11H2,1-3H3. The number of ether oxygens (including phenoxy) is 1. The minimum absolute atomic E-state index is 0.0825. The first kappa shape index (κ1) is 15.9. The summed E-state index contributed by atoms with van der Waals surface area (Å²) in [7, 11) is 3.44. The minimum atomic E-state index is 0.0825. The largest absolute Gasteiger partial charge is 0.508 e. The van der Waals surface area contributed by atoms with Crippen LogP contribution in [0.25, 0.3) is 0 Å². The molecular formula is C20H27NO3. The molecule has 1 aromatic rings. The molecule has 2 fully saturated rings. The van der Waals surface area contributed by atoms with Crippen LogP contribution in [0.4, 0.5) is 0 Å². The molecule has 3 aliphatic rings. The smallest absolute Gasteiger partial charge is 0.115 e. The number of hydrogen-bond acceptors (Lipinski definition) is 4. The molecule has 4 rings (SSSR count). The van der Waals surface area contributed by atoms with E-state index in [2.05, 4.69) is 18.1 Å². The van der Waals surface area contributed by atoms with E-state index in [0.717, 1.165) is 12.8 Å². The second kappa shape index (κ2) is 5.76. The Morgan fingerprint density at radius 3 is 2.79 bits per heavy atom. The Kier molecular flexibility index (Phi) is 3.83. The molecule has 2 saturated carbocycles. The van der Waals surface area contributed by atoms with Crippen LogP contribution in [0.3, 0.4) is 0 Å². The number of nitrogens with zero attached hydrogens (tertiary/aromatic N) is 1. The number of hydrogen-bond donors (Lipinski definition) is 1. The van der Waals surface area contributed by atoms with Gasteiger partial charge in [0.05, 0.1) is 11.8 Å². The van der Waals surface area contributed by atoms with Crippen LogP contribution in [0.5, 0.6) is 5.75 Å². The summed E-state index contributed by atoms with van der Waals surface area (Å²) in [6.45, 7) is 2.38. The molecule has 0 heterocycles. The van der Waals surface area contributed by atoms with E-state index < -0.39 is 0 Å². The van der Waals surface area contributed by atoms with Crippen LogP contribution >= 0.6 is 0 Å². The maximum atomic E-state index is 9.90. The van der Waals surface area contributed by atoms with Crippen molar-refractivity contribution in [2.24, 2.45) is 22.4 Å². The molecule has 5 unspecified atom stereocenters. The number of benzene rings is 1. The van der Waals surface area contributed by atoms with E-state index in [9.17, 15) is 5.11 Å². The third-order valence-electron chi connectivity index (χ3n) is 6.97. The Bertz CT molecular complexity index is 671.